The summed E-state index contributed by atoms with van der Waals surface area (Å²) in [5.41, 5.74) is 1.58. The van der Waals surface area contributed by atoms with E-state index in [1.165, 1.54) is 0 Å². The molecule has 1 N–H and O–H groups in total. The van der Waals surface area contributed by atoms with Crippen LogP contribution in [0.25, 0.3) is 11.0 Å². The number of nitrogens with zero attached hydrogens (tertiary/aromatic N) is 2. The van der Waals surface area contributed by atoms with E-state index in [-0.39, 0.29) is 18.0 Å². The number of aromatic amines is 1. The van der Waals surface area contributed by atoms with Crippen LogP contribution in [0, 0.1) is 0 Å². The number of amides is 1. The Morgan fingerprint density at radius 1 is 1.32 bits per heavy atom. The van der Waals surface area contributed by atoms with Crippen molar-refractivity contribution in [1.29, 1.82) is 0 Å². The minimum Gasteiger partial charge on any atom is -0.462 e. The number of hydrogen-bond acceptors (Lipinski definition) is 5. The number of benzene rings is 1. The summed E-state index contributed by atoms with van der Waals surface area (Å²) in [7, 11) is 0. The number of fused-ring (bicyclic) bond motifs is 1. The fraction of sp³-hybridized carbons (Fsp3) is 0.500. The van der Waals surface area contributed by atoms with Crippen LogP contribution in [-0.2, 0) is 9.47 Å². The number of rotatable bonds is 3. The molecule has 0 radical (unpaired) electrons. The standard InChI is InChI=1S/C18H23N3O4/c1-5-24-16(22)11-6-7-13-14(8-11)20-15(19-13)12-9-21(10-12)17(23)25-18(2,3)4/h6-8,12H,5,9-10H2,1-4H3,(H,19,20). The number of aromatic nitrogens is 2. The number of nitrogens with one attached hydrogen (secondary N) is 1. The zero-order chi connectivity index (χ0) is 18.2. The summed E-state index contributed by atoms with van der Waals surface area (Å²) in [6, 6.07) is 5.25. The summed E-state index contributed by atoms with van der Waals surface area (Å²) in [5.74, 6) is 0.613. The second-order valence-electron chi connectivity index (χ2n) is 7.16. The van der Waals surface area contributed by atoms with Gasteiger partial charge >= 0.3 is 12.1 Å². The maximum atomic E-state index is 12.0. The van der Waals surface area contributed by atoms with Crippen LogP contribution in [-0.4, -0.2) is 52.2 Å². The van der Waals surface area contributed by atoms with E-state index in [4.69, 9.17) is 9.47 Å². The highest BCUT2D eigenvalue weighted by molar-refractivity contribution is 5.93. The molecule has 1 aliphatic heterocycles. The van der Waals surface area contributed by atoms with Crippen molar-refractivity contribution in [2.24, 2.45) is 0 Å². The van der Waals surface area contributed by atoms with Gasteiger partial charge in [-0.15, -0.1) is 0 Å². The molecular formula is C18H23N3O4. The van der Waals surface area contributed by atoms with Gasteiger partial charge in [-0.1, -0.05) is 0 Å². The Labute approximate surface area is 146 Å². The van der Waals surface area contributed by atoms with E-state index in [2.05, 4.69) is 9.97 Å². The summed E-state index contributed by atoms with van der Waals surface area (Å²) >= 11 is 0. The smallest absolute Gasteiger partial charge is 0.410 e. The zero-order valence-corrected chi connectivity index (χ0v) is 15.0. The number of esters is 1. The zero-order valence-electron chi connectivity index (χ0n) is 15.0. The number of carbonyl (C=O) groups excluding carboxylic acids is 2. The van der Waals surface area contributed by atoms with Crippen LogP contribution in [0.2, 0.25) is 0 Å². The van der Waals surface area contributed by atoms with Crippen LogP contribution < -0.4 is 0 Å². The van der Waals surface area contributed by atoms with E-state index in [0.717, 1.165) is 16.9 Å². The first-order valence-electron chi connectivity index (χ1n) is 8.41. The highest BCUT2D eigenvalue weighted by Gasteiger charge is 2.36. The van der Waals surface area contributed by atoms with Crippen LogP contribution in [0.5, 0.6) is 0 Å². The topological polar surface area (TPSA) is 84.5 Å². The van der Waals surface area contributed by atoms with Gasteiger partial charge in [-0.3, -0.25) is 0 Å². The van der Waals surface area contributed by atoms with Gasteiger partial charge in [0.25, 0.3) is 0 Å². The molecule has 25 heavy (non-hydrogen) atoms. The summed E-state index contributed by atoms with van der Waals surface area (Å²) in [6.07, 6.45) is -0.301. The molecule has 0 aliphatic carbocycles. The lowest BCUT2D eigenvalue weighted by Crippen LogP contribution is -2.50. The first-order chi connectivity index (χ1) is 11.8. The summed E-state index contributed by atoms with van der Waals surface area (Å²) in [6.45, 7) is 8.80. The molecule has 2 aromatic rings. The van der Waals surface area contributed by atoms with Gasteiger partial charge in [0.2, 0.25) is 0 Å². The molecule has 0 atom stereocenters. The van der Waals surface area contributed by atoms with E-state index in [0.29, 0.717) is 25.3 Å². The molecule has 0 unspecified atom stereocenters. The predicted molar refractivity (Wildman–Crippen MR) is 92.6 cm³/mol. The fourth-order valence-electron chi connectivity index (χ4n) is 2.69. The number of imidazole rings is 1. The Balaban J connectivity index is 1.67. The van der Waals surface area contributed by atoms with Crippen molar-refractivity contribution in [3.05, 3.63) is 29.6 Å². The maximum absolute atomic E-state index is 12.0. The molecule has 0 bridgehead atoms. The number of ether oxygens (including phenoxy) is 2. The second kappa shape index (κ2) is 6.38. The first-order valence-corrected chi connectivity index (χ1v) is 8.41. The van der Waals surface area contributed by atoms with Gasteiger partial charge in [-0.25, -0.2) is 14.6 Å². The van der Waals surface area contributed by atoms with E-state index in [1.807, 2.05) is 20.8 Å². The normalized spacial score (nSPS) is 15.1. The third-order valence-corrected chi connectivity index (χ3v) is 3.93. The number of H-pyrrole nitrogens is 1. The van der Waals surface area contributed by atoms with Crippen molar-refractivity contribution < 1.29 is 19.1 Å². The minimum absolute atomic E-state index is 0.144. The molecule has 1 aliphatic rings. The molecule has 1 aromatic heterocycles. The van der Waals surface area contributed by atoms with Crippen molar-refractivity contribution in [3.63, 3.8) is 0 Å². The largest absolute Gasteiger partial charge is 0.462 e. The summed E-state index contributed by atoms with van der Waals surface area (Å²) in [4.78, 5) is 33.3. The highest BCUT2D eigenvalue weighted by atomic mass is 16.6. The SMILES string of the molecule is CCOC(=O)c1ccc2nc(C3CN(C(=O)OC(C)(C)C)C3)[nH]c2c1. The van der Waals surface area contributed by atoms with Gasteiger partial charge in [-0.05, 0) is 45.9 Å². The van der Waals surface area contributed by atoms with E-state index in [9.17, 15) is 9.59 Å². The number of hydrogen-bond donors (Lipinski definition) is 1. The van der Waals surface area contributed by atoms with E-state index >= 15 is 0 Å². The fourth-order valence-corrected chi connectivity index (χ4v) is 2.69. The van der Waals surface area contributed by atoms with Crippen LogP contribution in [0.15, 0.2) is 18.2 Å². The molecule has 134 valence electrons. The average molecular weight is 345 g/mol. The van der Waals surface area contributed by atoms with Gasteiger partial charge < -0.3 is 19.4 Å². The third kappa shape index (κ3) is 3.75. The Bertz CT molecular complexity index is 800. The Hall–Kier alpha value is -2.57. The van der Waals surface area contributed by atoms with Crippen LogP contribution in [0.1, 0.15) is 49.8 Å². The van der Waals surface area contributed by atoms with Gasteiger partial charge in [0, 0.05) is 13.1 Å². The molecule has 2 heterocycles. The summed E-state index contributed by atoms with van der Waals surface area (Å²) < 4.78 is 10.4. The Morgan fingerprint density at radius 3 is 2.68 bits per heavy atom. The van der Waals surface area contributed by atoms with Crippen molar-refractivity contribution in [3.8, 4) is 0 Å². The van der Waals surface area contributed by atoms with Gasteiger partial charge in [-0.2, -0.15) is 0 Å². The Morgan fingerprint density at radius 2 is 2.04 bits per heavy atom. The van der Waals surface area contributed by atoms with Crippen molar-refractivity contribution in [2.45, 2.75) is 39.2 Å². The number of likely N-dealkylation sites (tertiary alicyclic amines) is 1. The van der Waals surface area contributed by atoms with E-state index < -0.39 is 5.60 Å². The lowest BCUT2D eigenvalue weighted by molar-refractivity contribution is 0.00759. The average Bonchev–Trinajstić information content (AvgIpc) is 2.86. The molecule has 1 saturated heterocycles. The van der Waals surface area contributed by atoms with Crippen LogP contribution in [0.3, 0.4) is 0 Å². The summed E-state index contributed by atoms with van der Waals surface area (Å²) in [5, 5.41) is 0. The molecule has 0 saturated carbocycles. The third-order valence-electron chi connectivity index (χ3n) is 3.93. The lowest BCUT2D eigenvalue weighted by Gasteiger charge is -2.38. The van der Waals surface area contributed by atoms with Gasteiger partial charge in [0.15, 0.2) is 0 Å². The quantitative estimate of drug-likeness (QED) is 0.864. The minimum atomic E-state index is -0.495. The van der Waals surface area contributed by atoms with Crippen molar-refractivity contribution in [2.75, 3.05) is 19.7 Å². The van der Waals surface area contributed by atoms with E-state index in [1.54, 1.807) is 30.0 Å². The Kier molecular flexibility index (Phi) is 4.41. The van der Waals surface area contributed by atoms with Gasteiger partial charge in [0.05, 0.1) is 29.1 Å². The first kappa shape index (κ1) is 17.3. The number of carbonyl (C=O) groups is 2. The van der Waals surface area contributed by atoms with Crippen LogP contribution >= 0.6 is 0 Å². The lowest BCUT2D eigenvalue weighted by atomic mass is 10.0. The van der Waals surface area contributed by atoms with Crippen LogP contribution in [0.4, 0.5) is 4.79 Å². The molecule has 0 spiro atoms. The maximum Gasteiger partial charge on any atom is 0.410 e. The molecule has 7 nitrogen and oxygen atoms in total. The molecule has 1 fully saturated rings. The molecule has 1 amide bonds. The highest BCUT2D eigenvalue weighted by Crippen LogP contribution is 2.28. The molecule has 1 aromatic carbocycles. The van der Waals surface area contributed by atoms with Crippen molar-refractivity contribution >= 4 is 23.1 Å². The monoisotopic (exact) mass is 345 g/mol. The molecule has 3 rings (SSSR count). The predicted octanol–water partition coefficient (Wildman–Crippen LogP) is 3.07. The van der Waals surface area contributed by atoms with Gasteiger partial charge in [0.1, 0.15) is 11.4 Å². The molecule has 7 heteroatoms. The second-order valence-corrected chi connectivity index (χ2v) is 7.16. The molecular weight excluding hydrogens is 322 g/mol. The van der Waals surface area contributed by atoms with Crippen molar-refractivity contribution in [1.82, 2.24) is 14.9 Å².